The standard InChI is InChI=1S/C7H11F3O3/c1-2-13-6(12)3-5(4-11)7(8,9)10/h5,11H,2-4H2,1H3. The Morgan fingerprint density at radius 3 is 2.38 bits per heavy atom. The monoisotopic (exact) mass is 200 g/mol. The molecule has 0 aliphatic carbocycles. The number of ether oxygens (including phenoxy) is 1. The van der Waals surface area contributed by atoms with Crippen LogP contribution in [0.4, 0.5) is 13.2 Å². The van der Waals surface area contributed by atoms with Gasteiger partial charge in [-0.15, -0.1) is 0 Å². The van der Waals surface area contributed by atoms with E-state index in [0.29, 0.717) is 0 Å². The van der Waals surface area contributed by atoms with Crippen LogP contribution < -0.4 is 0 Å². The molecule has 78 valence electrons. The van der Waals surface area contributed by atoms with Gasteiger partial charge in [0.25, 0.3) is 0 Å². The molecule has 0 saturated heterocycles. The van der Waals surface area contributed by atoms with Gasteiger partial charge in [-0.1, -0.05) is 0 Å². The molecule has 0 aliphatic rings. The summed E-state index contributed by atoms with van der Waals surface area (Å²) < 4.78 is 40.2. The summed E-state index contributed by atoms with van der Waals surface area (Å²) in [6.07, 6.45) is -5.38. The van der Waals surface area contributed by atoms with E-state index in [9.17, 15) is 18.0 Å². The second-order valence-electron chi connectivity index (χ2n) is 2.43. The normalized spacial score (nSPS) is 13.9. The predicted molar refractivity (Wildman–Crippen MR) is 37.9 cm³/mol. The molecule has 0 spiro atoms. The van der Waals surface area contributed by atoms with Crippen molar-refractivity contribution in [3.8, 4) is 0 Å². The highest BCUT2D eigenvalue weighted by Crippen LogP contribution is 2.28. The third-order valence-electron chi connectivity index (χ3n) is 1.40. The van der Waals surface area contributed by atoms with Crippen LogP contribution in [0.1, 0.15) is 13.3 Å². The second kappa shape index (κ2) is 5.06. The minimum absolute atomic E-state index is 0.0365. The SMILES string of the molecule is CCOC(=O)CC(CO)C(F)(F)F. The molecule has 0 rings (SSSR count). The van der Waals surface area contributed by atoms with E-state index in [2.05, 4.69) is 4.74 Å². The zero-order chi connectivity index (χ0) is 10.5. The van der Waals surface area contributed by atoms with E-state index in [1.54, 1.807) is 0 Å². The van der Waals surface area contributed by atoms with Crippen molar-refractivity contribution in [3.63, 3.8) is 0 Å². The van der Waals surface area contributed by atoms with Crippen molar-refractivity contribution in [2.45, 2.75) is 19.5 Å². The largest absolute Gasteiger partial charge is 0.466 e. The zero-order valence-electron chi connectivity index (χ0n) is 7.10. The molecule has 0 aliphatic heterocycles. The highest BCUT2D eigenvalue weighted by atomic mass is 19.4. The van der Waals surface area contributed by atoms with Crippen LogP contribution in [-0.4, -0.2) is 30.5 Å². The van der Waals surface area contributed by atoms with Crippen LogP contribution in [0.5, 0.6) is 0 Å². The number of hydrogen-bond donors (Lipinski definition) is 1. The van der Waals surface area contributed by atoms with Crippen LogP contribution in [0.3, 0.4) is 0 Å². The van der Waals surface area contributed by atoms with Crippen molar-refractivity contribution in [3.05, 3.63) is 0 Å². The molecule has 0 fully saturated rings. The summed E-state index contributed by atoms with van der Waals surface area (Å²) in [4.78, 5) is 10.6. The van der Waals surface area contributed by atoms with Gasteiger partial charge in [0.1, 0.15) is 0 Å². The molecular weight excluding hydrogens is 189 g/mol. The van der Waals surface area contributed by atoms with Gasteiger partial charge < -0.3 is 9.84 Å². The second-order valence-corrected chi connectivity index (χ2v) is 2.43. The molecule has 3 nitrogen and oxygen atoms in total. The number of carbonyl (C=O) groups is 1. The Balaban J connectivity index is 4.06. The Labute approximate surface area is 73.5 Å². The summed E-state index contributed by atoms with van der Waals surface area (Å²) in [7, 11) is 0. The van der Waals surface area contributed by atoms with Gasteiger partial charge >= 0.3 is 12.1 Å². The van der Waals surface area contributed by atoms with Crippen LogP contribution >= 0.6 is 0 Å². The van der Waals surface area contributed by atoms with Gasteiger partial charge in [-0.2, -0.15) is 13.2 Å². The molecule has 0 aromatic heterocycles. The molecular formula is C7H11F3O3. The van der Waals surface area contributed by atoms with E-state index in [1.807, 2.05) is 0 Å². The van der Waals surface area contributed by atoms with Gasteiger partial charge in [-0.05, 0) is 6.92 Å². The maximum absolute atomic E-state index is 12.0. The molecule has 0 heterocycles. The molecule has 0 saturated carbocycles. The number of hydrogen-bond acceptors (Lipinski definition) is 3. The maximum atomic E-state index is 12.0. The third-order valence-corrected chi connectivity index (χ3v) is 1.40. The van der Waals surface area contributed by atoms with Crippen molar-refractivity contribution >= 4 is 5.97 Å². The van der Waals surface area contributed by atoms with Gasteiger partial charge in [-0.25, -0.2) is 0 Å². The Bertz CT molecular complexity index is 167. The summed E-state index contributed by atoms with van der Waals surface area (Å²) in [6, 6.07) is 0. The highest BCUT2D eigenvalue weighted by Gasteiger charge is 2.40. The molecule has 13 heavy (non-hydrogen) atoms. The van der Waals surface area contributed by atoms with Crippen LogP contribution in [-0.2, 0) is 9.53 Å². The van der Waals surface area contributed by atoms with Crippen molar-refractivity contribution in [1.82, 2.24) is 0 Å². The summed E-state index contributed by atoms with van der Waals surface area (Å²) in [5, 5.41) is 8.35. The molecule has 0 aromatic carbocycles. The lowest BCUT2D eigenvalue weighted by Crippen LogP contribution is -2.29. The molecule has 0 bridgehead atoms. The van der Waals surface area contributed by atoms with Crippen LogP contribution in [0.2, 0.25) is 0 Å². The lowest BCUT2D eigenvalue weighted by atomic mass is 10.1. The average Bonchev–Trinajstić information content (AvgIpc) is 1.98. The van der Waals surface area contributed by atoms with Crippen molar-refractivity contribution in [2.24, 2.45) is 5.92 Å². The fourth-order valence-corrected chi connectivity index (χ4v) is 0.705. The Kier molecular flexibility index (Phi) is 4.76. The number of esters is 1. The molecule has 1 atom stereocenters. The average molecular weight is 200 g/mol. The third kappa shape index (κ3) is 4.72. The van der Waals surface area contributed by atoms with Crippen molar-refractivity contribution in [2.75, 3.05) is 13.2 Å². The Morgan fingerprint density at radius 2 is 2.08 bits per heavy atom. The van der Waals surface area contributed by atoms with Gasteiger partial charge in [-0.3, -0.25) is 4.79 Å². The van der Waals surface area contributed by atoms with E-state index in [-0.39, 0.29) is 6.61 Å². The fourth-order valence-electron chi connectivity index (χ4n) is 0.705. The molecule has 6 heteroatoms. The number of rotatable bonds is 4. The van der Waals surface area contributed by atoms with E-state index < -0.39 is 31.1 Å². The topological polar surface area (TPSA) is 46.5 Å². The number of carbonyl (C=O) groups excluding carboxylic acids is 1. The number of alkyl halides is 3. The minimum atomic E-state index is -4.55. The van der Waals surface area contributed by atoms with Crippen molar-refractivity contribution in [1.29, 1.82) is 0 Å². The first-order chi connectivity index (χ1) is 5.91. The van der Waals surface area contributed by atoms with E-state index in [1.165, 1.54) is 6.92 Å². The van der Waals surface area contributed by atoms with E-state index >= 15 is 0 Å². The molecule has 0 radical (unpaired) electrons. The number of aliphatic hydroxyl groups excluding tert-OH is 1. The quantitative estimate of drug-likeness (QED) is 0.691. The zero-order valence-corrected chi connectivity index (χ0v) is 7.10. The van der Waals surface area contributed by atoms with Gasteiger partial charge in [0, 0.05) is 0 Å². The molecule has 1 N–H and O–H groups in total. The summed E-state index contributed by atoms with van der Waals surface area (Å²) >= 11 is 0. The highest BCUT2D eigenvalue weighted by molar-refractivity contribution is 5.69. The first-order valence-electron chi connectivity index (χ1n) is 3.75. The summed E-state index contributed by atoms with van der Waals surface area (Å²) in [5.41, 5.74) is 0. The van der Waals surface area contributed by atoms with Crippen LogP contribution in [0, 0.1) is 5.92 Å². The number of aliphatic hydroxyl groups is 1. The first-order valence-corrected chi connectivity index (χ1v) is 3.75. The van der Waals surface area contributed by atoms with Crippen LogP contribution in [0.25, 0.3) is 0 Å². The van der Waals surface area contributed by atoms with Gasteiger partial charge in [0.05, 0.1) is 25.6 Å². The minimum Gasteiger partial charge on any atom is -0.466 e. The fraction of sp³-hybridized carbons (Fsp3) is 0.857. The number of halogens is 3. The summed E-state index contributed by atoms with van der Waals surface area (Å²) in [6.45, 7) is 0.441. The molecule has 1 unspecified atom stereocenters. The van der Waals surface area contributed by atoms with Crippen LogP contribution in [0.15, 0.2) is 0 Å². The molecule has 0 aromatic rings. The van der Waals surface area contributed by atoms with Crippen molar-refractivity contribution < 1.29 is 27.8 Å². The maximum Gasteiger partial charge on any atom is 0.394 e. The van der Waals surface area contributed by atoms with E-state index in [4.69, 9.17) is 5.11 Å². The lowest BCUT2D eigenvalue weighted by Gasteiger charge is -2.16. The first kappa shape index (κ1) is 12.2. The Morgan fingerprint density at radius 1 is 1.54 bits per heavy atom. The smallest absolute Gasteiger partial charge is 0.394 e. The molecule has 0 amide bonds. The van der Waals surface area contributed by atoms with Gasteiger partial charge in [0.2, 0.25) is 0 Å². The lowest BCUT2D eigenvalue weighted by molar-refractivity contribution is -0.192. The van der Waals surface area contributed by atoms with E-state index in [0.717, 1.165) is 0 Å². The van der Waals surface area contributed by atoms with Gasteiger partial charge in [0.15, 0.2) is 0 Å². The Hall–Kier alpha value is -0.780. The summed E-state index contributed by atoms with van der Waals surface area (Å²) in [5.74, 6) is -2.97. The predicted octanol–water partition coefficient (Wildman–Crippen LogP) is 1.11.